The molecule has 1 aliphatic heterocycles. The zero-order valence-electron chi connectivity index (χ0n) is 14.9. The highest BCUT2D eigenvalue weighted by Gasteiger charge is 2.20. The Morgan fingerprint density at radius 1 is 1.26 bits per heavy atom. The van der Waals surface area contributed by atoms with Gasteiger partial charge in [0.05, 0.1) is 18.9 Å². The molecule has 144 valence electrons. The molecule has 1 aromatic heterocycles. The monoisotopic (exact) mass is 378 g/mol. The summed E-state index contributed by atoms with van der Waals surface area (Å²) in [4.78, 5) is 31.3. The summed E-state index contributed by atoms with van der Waals surface area (Å²) in [5.41, 5.74) is 0.112. The van der Waals surface area contributed by atoms with E-state index in [1.165, 1.54) is 10.6 Å². The van der Waals surface area contributed by atoms with Gasteiger partial charge in [-0.2, -0.15) is 0 Å². The number of nitrogens with zero attached hydrogens (tertiary/aromatic N) is 3. The fourth-order valence-corrected chi connectivity index (χ4v) is 2.80. The maximum absolute atomic E-state index is 13.7. The van der Waals surface area contributed by atoms with E-state index in [-0.39, 0.29) is 17.8 Å². The van der Waals surface area contributed by atoms with Crippen molar-refractivity contribution in [3.05, 3.63) is 51.9 Å². The fourth-order valence-electron chi connectivity index (χ4n) is 2.80. The first-order chi connectivity index (χ1) is 13.0. The van der Waals surface area contributed by atoms with Crippen LogP contribution in [0.15, 0.2) is 29.1 Å². The zero-order chi connectivity index (χ0) is 19.4. The summed E-state index contributed by atoms with van der Waals surface area (Å²) in [6.07, 6.45) is 0.584. The lowest BCUT2D eigenvalue weighted by Gasteiger charge is -2.29. The Morgan fingerprint density at radius 2 is 2.00 bits per heavy atom. The highest BCUT2D eigenvalue weighted by atomic mass is 19.1. The molecule has 1 N–H and O–H groups in total. The number of carbonyl (C=O) groups is 1. The summed E-state index contributed by atoms with van der Waals surface area (Å²) in [7, 11) is 0. The highest BCUT2D eigenvalue weighted by Crippen LogP contribution is 2.16. The lowest BCUT2D eigenvalue weighted by atomic mass is 10.3. The standard InChI is InChI=1S/C18H20F2N4O3/c1-2-13-10-17(26)24(18(21-13)23-5-7-27-8-6-23)11-16(25)22-15-4-3-12(19)9-14(15)20/h3-4,9-10H,2,5-8,11H2,1H3,(H,22,25). The van der Waals surface area contributed by atoms with Gasteiger partial charge in [-0.1, -0.05) is 6.92 Å². The van der Waals surface area contributed by atoms with E-state index in [4.69, 9.17) is 4.74 Å². The van der Waals surface area contributed by atoms with Gasteiger partial charge in [-0.15, -0.1) is 0 Å². The van der Waals surface area contributed by atoms with Crippen molar-refractivity contribution >= 4 is 17.5 Å². The van der Waals surface area contributed by atoms with Crippen LogP contribution < -0.4 is 15.8 Å². The number of aromatic nitrogens is 2. The van der Waals surface area contributed by atoms with Crippen LogP contribution in [-0.2, 0) is 22.5 Å². The van der Waals surface area contributed by atoms with E-state index in [0.717, 1.165) is 12.1 Å². The normalized spacial score (nSPS) is 14.3. The Bertz CT molecular complexity index is 895. The number of nitrogens with one attached hydrogen (secondary N) is 1. The van der Waals surface area contributed by atoms with Crippen LogP contribution in [0.1, 0.15) is 12.6 Å². The Labute approximate surface area is 154 Å². The van der Waals surface area contributed by atoms with Crippen molar-refractivity contribution in [1.82, 2.24) is 9.55 Å². The molecular formula is C18H20F2N4O3. The van der Waals surface area contributed by atoms with E-state index >= 15 is 0 Å². The molecule has 2 aromatic rings. The molecule has 1 fully saturated rings. The quantitative estimate of drug-likeness (QED) is 0.855. The first kappa shape index (κ1) is 19.0. The van der Waals surface area contributed by atoms with Crippen LogP contribution >= 0.6 is 0 Å². The molecule has 9 heteroatoms. The van der Waals surface area contributed by atoms with Crippen molar-refractivity contribution in [3.63, 3.8) is 0 Å². The molecule has 1 saturated heterocycles. The average Bonchev–Trinajstić information content (AvgIpc) is 2.66. The zero-order valence-corrected chi connectivity index (χ0v) is 14.9. The van der Waals surface area contributed by atoms with Gasteiger partial charge >= 0.3 is 0 Å². The lowest BCUT2D eigenvalue weighted by Crippen LogP contribution is -2.42. The summed E-state index contributed by atoms with van der Waals surface area (Å²) >= 11 is 0. The first-order valence-electron chi connectivity index (χ1n) is 8.66. The van der Waals surface area contributed by atoms with E-state index < -0.39 is 17.5 Å². The molecule has 1 amide bonds. The largest absolute Gasteiger partial charge is 0.378 e. The van der Waals surface area contributed by atoms with Crippen LogP contribution in [0.3, 0.4) is 0 Å². The number of ether oxygens (including phenoxy) is 1. The number of hydrogen-bond donors (Lipinski definition) is 1. The molecule has 0 saturated carbocycles. The van der Waals surface area contributed by atoms with Gasteiger partial charge in [0, 0.05) is 30.9 Å². The minimum atomic E-state index is -0.886. The third-order valence-corrected chi connectivity index (χ3v) is 4.20. The van der Waals surface area contributed by atoms with Gasteiger partial charge in [0.2, 0.25) is 11.9 Å². The molecule has 3 rings (SSSR count). The third-order valence-electron chi connectivity index (χ3n) is 4.20. The summed E-state index contributed by atoms with van der Waals surface area (Å²) < 4.78 is 33.3. The van der Waals surface area contributed by atoms with E-state index in [0.29, 0.717) is 50.4 Å². The van der Waals surface area contributed by atoms with Gasteiger partial charge in [0.1, 0.15) is 18.2 Å². The number of halogens is 2. The lowest BCUT2D eigenvalue weighted by molar-refractivity contribution is -0.116. The average molecular weight is 378 g/mol. The van der Waals surface area contributed by atoms with Crippen molar-refractivity contribution in [2.45, 2.75) is 19.9 Å². The second kappa shape index (κ2) is 8.26. The van der Waals surface area contributed by atoms with Gasteiger partial charge in [-0.25, -0.2) is 13.8 Å². The number of hydrogen-bond acceptors (Lipinski definition) is 5. The van der Waals surface area contributed by atoms with Gasteiger partial charge in [0.25, 0.3) is 5.56 Å². The number of rotatable bonds is 5. The Kier molecular flexibility index (Phi) is 5.80. The van der Waals surface area contributed by atoms with E-state index in [1.807, 2.05) is 11.8 Å². The maximum atomic E-state index is 13.7. The van der Waals surface area contributed by atoms with Crippen LogP contribution in [0.25, 0.3) is 0 Å². The van der Waals surface area contributed by atoms with E-state index in [9.17, 15) is 18.4 Å². The molecule has 0 spiro atoms. The van der Waals surface area contributed by atoms with Gasteiger partial charge in [-0.3, -0.25) is 14.2 Å². The Morgan fingerprint density at radius 3 is 2.67 bits per heavy atom. The van der Waals surface area contributed by atoms with Crippen LogP contribution in [0.5, 0.6) is 0 Å². The van der Waals surface area contributed by atoms with Crippen LogP contribution in [0.4, 0.5) is 20.4 Å². The topological polar surface area (TPSA) is 76.5 Å². The molecule has 0 bridgehead atoms. The molecule has 0 aliphatic carbocycles. The Hall–Kier alpha value is -2.81. The van der Waals surface area contributed by atoms with Gasteiger partial charge in [-0.05, 0) is 18.6 Å². The second-order valence-electron chi connectivity index (χ2n) is 6.10. The number of aryl methyl sites for hydroxylation is 1. The molecular weight excluding hydrogens is 358 g/mol. The summed E-state index contributed by atoms with van der Waals surface area (Å²) in [5, 5.41) is 2.36. The molecule has 0 atom stereocenters. The van der Waals surface area contributed by atoms with E-state index in [1.54, 1.807) is 0 Å². The molecule has 0 unspecified atom stereocenters. The highest BCUT2D eigenvalue weighted by molar-refractivity contribution is 5.90. The molecule has 27 heavy (non-hydrogen) atoms. The molecule has 2 heterocycles. The summed E-state index contributed by atoms with van der Waals surface area (Å²) in [6, 6.07) is 4.24. The number of carbonyl (C=O) groups excluding carboxylic acids is 1. The van der Waals surface area contributed by atoms with Gasteiger partial charge in [0.15, 0.2) is 0 Å². The second-order valence-corrected chi connectivity index (χ2v) is 6.10. The Balaban J connectivity index is 1.86. The number of amides is 1. The first-order valence-corrected chi connectivity index (χ1v) is 8.66. The van der Waals surface area contributed by atoms with Crippen molar-refractivity contribution in [2.75, 3.05) is 36.5 Å². The van der Waals surface area contributed by atoms with Crippen LogP contribution in [0.2, 0.25) is 0 Å². The predicted octanol–water partition coefficient (Wildman–Crippen LogP) is 1.56. The minimum Gasteiger partial charge on any atom is -0.378 e. The maximum Gasteiger partial charge on any atom is 0.255 e. The molecule has 1 aromatic carbocycles. The van der Waals surface area contributed by atoms with Crippen molar-refractivity contribution < 1.29 is 18.3 Å². The summed E-state index contributed by atoms with van der Waals surface area (Å²) in [5.74, 6) is -1.85. The molecule has 7 nitrogen and oxygen atoms in total. The van der Waals surface area contributed by atoms with E-state index in [2.05, 4.69) is 10.3 Å². The molecule has 0 radical (unpaired) electrons. The van der Waals surface area contributed by atoms with Crippen molar-refractivity contribution in [1.29, 1.82) is 0 Å². The number of morpholine rings is 1. The minimum absolute atomic E-state index is 0.152. The smallest absolute Gasteiger partial charge is 0.255 e. The van der Waals surface area contributed by atoms with Gasteiger partial charge < -0.3 is 15.0 Å². The van der Waals surface area contributed by atoms with Crippen molar-refractivity contribution in [2.24, 2.45) is 0 Å². The number of anilines is 2. The summed E-state index contributed by atoms with van der Waals surface area (Å²) in [6.45, 7) is 3.65. The number of benzene rings is 1. The fraction of sp³-hybridized carbons (Fsp3) is 0.389. The van der Waals surface area contributed by atoms with Crippen molar-refractivity contribution in [3.8, 4) is 0 Å². The predicted molar refractivity (Wildman–Crippen MR) is 95.9 cm³/mol. The van der Waals surface area contributed by atoms with Crippen LogP contribution in [-0.4, -0.2) is 41.8 Å². The third kappa shape index (κ3) is 4.48. The molecule has 1 aliphatic rings. The SMILES string of the molecule is CCc1cc(=O)n(CC(=O)Nc2ccc(F)cc2F)c(N2CCOCC2)n1. The van der Waals surface area contributed by atoms with Crippen LogP contribution in [0, 0.1) is 11.6 Å².